The summed E-state index contributed by atoms with van der Waals surface area (Å²) in [4.78, 5) is 16.2. The van der Waals surface area contributed by atoms with Gasteiger partial charge in [-0.1, -0.05) is 20.3 Å². The zero-order valence-corrected chi connectivity index (χ0v) is 11.7. The lowest BCUT2D eigenvalue weighted by Gasteiger charge is -2.28. The van der Waals surface area contributed by atoms with E-state index in [0.29, 0.717) is 18.4 Å². The van der Waals surface area contributed by atoms with Gasteiger partial charge in [-0.25, -0.2) is 4.98 Å². The molecule has 2 unspecified atom stereocenters. The molecule has 1 aliphatic heterocycles. The summed E-state index contributed by atoms with van der Waals surface area (Å²) in [7, 11) is 0. The van der Waals surface area contributed by atoms with Gasteiger partial charge in [0, 0.05) is 6.42 Å². The number of piperidine rings is 1. The second-order valence-corrected chi connectivity index (χ2v) is 5.10. The van der Waals surface area contributed by atoms with Crippen molar-refractivity contribution in [3.63, 3.8) is 0 Å². The van der Waals surface area contributed by atoms with Gasteiger partial charge in [0.25, 0.3) is 0 Å². The molecule has 2 N–H and O–H groups in total. The zero-order valence-electron chi connectivity index (χ0n) is 11.7. The third-order valence-corrected chi connectivity index (χ3v) is 3.77. The number of carbonyl (C=O) groups is 1. The van der Waals surface area contributed by atoms with Crippen LogP contribution >= 0.6 is 0 Å². The normalized spacial score (nSPS) is 23.3. The predicted octanol–water partition coefficient (Wildman–Crippen LogP) is 1.63. The largest absolute Gasteiger partial charge is 0.444 e. The van der Waals surface area contributed by atoms with Gasteiger partial charge in [-0.2, -0.15) is 0 Å². The molecule has 2 atom stereocenters. The third-order valence-electron chi connectivity index (χ3n) is 3.77. The van der Waals surface area contributed by atoms with Crippen molar-refractivity contribution in [2.45, 2.75) is 52.1 Å². The van der Waals surface area contributed by atoms with E-state index in [0.717, 1.165) is 31.6 Å². The summed E-state index contributed by atoms with van der Waals surface area (Å²) in [6, 6.07) is -0.0701. The van der Waals surface area contributed by atoms with Crippen molar-refractivity contribution in [2.24, 2.45) is 5.92 Å². The highest BCUT2D eigenvalue weighted by Gasteiger charge is 2.25. The van der Waals surface area contributed by atoms with Gasteiger partial charge in [0.2, 0.25) is 11.8 Å². The Morgan fingerprint density at radius 2 is 2.42 bits per heavy atom. The van der Waals surface area contributed by atoms with E-state index in [4.69, 9.17) is 4.42 Å². The minimum Gasteiger partial charge on any atom is -0.444 e. The summed E-state index contributed by atoms with van der Waals surface area (Å²) in [5.74, 6) is 2.14. The van der Waals surface area contributed by atoms with Crippen LogP contribution in [-0.2, 0) is 17.8 Å². The molecule has 5 heteroatoms. The highest BCUT2D eigenvalue weighted by Crippen LogP contribution is 2.19. The van der Waals surface area contributed by atoms with E-state index in [-0.39, 0.29) is 11.9 Å². The third kappa shape index (κ3) is 3.80. The lowest BCUT2D eigenvalue weighted by Crippen LogP contribution is -2.48. The zero-order chi connectivity index (χ0) is 13.7. The molecule has 0 radical (unpaired) electrons. The number of hydrogen-bond acceptors (Lipinski definition) is 4. The molecule has 1 aromatic rings. The van der Waals surface area contributed by atoms with E-state index in [1.54, 1.807) is 6.20 Å². The van der Waals surface area contributed by atoms with Crippen LogP contribution < -0.4 is 10.6 Å². The SMILES string of the molecule is CCc1cnc(CNC(=O)C2CC(CC)CCN2)o1. The molecule has 1 aromatic heterocycles. The molecule has 0 bridgehead atoms. The van der Waals surface area contributed by atoms with Crippen LogP contribution in [0, 0.1) is 5.92 Å². The average Bonchev–Trinajstić information content (AvgIpc) is 2.93. The fourth-order valence-corrected chi connectivity index (χ4v) is 2.45. The monoisotopic (exact) mass is 265 g/mol. The summed E-state index contributed by atoms with van der Waals surface area (Å²) in [5, 5.41) is 6.17. The van der Waals surface area contributed by atoms with Gasteiger partial charge in [0.05, 0.1) is 18.8 Å². The van der Waals surface area contributed by atoms with Crippen molar-refractivity contribution >= 4 is 5.91 Å². The maximum Gasteiger partial charge on any atom is 0.237 e. The lowest BCUT2D eigenvalue weighted by atomic mass is 9.90. The molecule has 19 heavy (non-hydrogen) atoms. The van der Waals surface area contributed by atoms with Crippen LogP contribution in [0.25, 0.3) is 0 Å². The maximum absolute atomic E-state index is 12.1. The summed E-state index contributed by atoms with van der Waals surface area (Å²) >= 11 is 0. The molecule has 106 valence electrons. The van der Waals surface area contributed by atoms with E-state index >= 15 is 0 Å². The average molecular weight is 265 g/mol. The fourth-order valence-electron chi connectivity index (χ4n) is 2.45. The first-order valence-corrected chi connectivity index (χ1v) is 7.17. The number of aromatic nitrogens is 1. The standard InChI is InChI=1S/C14H23N3O2/c1-3-10-5-6-15-12(7-10)14(18)17-9-13-16-8-11(4-2)19-13/h8,10,12,15H,3-7,9H2,1-2H3,(H,17,18). The molecule has 1 amide bonds. The molecule has 2 heterocycles. The van der Waals surface area contributed by atoms with E-state index in [9.17, 15) is 4.79 Å². The summed E-state index contributed by atoms with van der Waals surface area (Å²) in [6.45, 7) is 5.49. The van der Waals surface area contributed by atoms with E-state index in [1.807, 2.05) is 6.92 Å². The fraction of sp³-hybridized carbons (Fsp3) is 0.714. The molecule has 0 aliphatic carbocycles. The van der Waals surface area contributed by atoms with E-state index < -0.39 is 0 Å². The van der Waals surface area contributed by atoms with Crippen LogP contribution in [0.4, 0.5) is 0 Å². The number of oxazole rings is 1. The molecule has 1 fully saturated rings. The van der Waals surface area contributed by atoms with Crippen molar-refractivity contribution in [3.05, 3.63) is 17.8 Å². The van der Waals surface area contributed by atoms with Gasteiger partial charge in [0.15, 0.2) is 0 Å². The minimum absolute atomic E-state index is 0.0504. The van der Waals surface area contributed by atoms with Crippen LogP contribution in [0.1, 0.15) is 44.8 Å². The number of amides is 1. The first-order valence-electron chi connectivity index (χ1n) is 7.17. The summed E-state index contributed by atoms with van der Waals surface area (Å²) in [5.41, 5.74) is 0. The van der Waals surface area contributed by atoms with E-state index in [2.05, 4.69) is 22.5 Å². The van der Waals surface area contributed by atoms with Gasteiger partial charge >= 0.3 is 0 Å². The smallest absolute Gasteiger partial charge is 0.237 e. The molecular weight excluding hydrogens is 242 g/mol. The molecule has 0 spiro atoms. The predicted molar refractivity (Wildman–Crippen MR) is 72.5 cm³/mol. The van der Waals surface area contributed by atoms with Crippen LogP contribution in [0.5, 0.6) is 0 Å². The number of nitrogens with zero attached hydrogens (tertiary/aromatic N) is 1. The van der Waals surface area contributed by atoms with Gasteiger partial charge in [-0.15, -0.1) is 0 Å². The molecule has 1 saturated heterocycles. The Balaban J connectivity index is 1.80. The van der Waals surface area contributed by atoms with Gasteiger partial charge < -0.3 is 15.1 Å². The Morgan fingerprint density at radius 3 is 3.11 bits per heavy atom. The second-order valence-electron chi connectivity index (χ2n) is 5.10. The van der Waals surface area contributed by atoms with Crippen molar-refractivity contribution in [1.82, 2.24) is 15.6 Å². The number of hydrogen-bond donors (Lipinski definition) is 2. The Labute approximate surface area is 114 Å². The maximum atomic E-state index is 12.1. The van der Waals surface area contributed by atoms with Crippen LogP contribution in [0.2, 0.25) is 0 Å². The topological polar surface area (TPSA) is 67.2 Å². The minimum atomic E-state index is -0.0701. The van der Waals surface area contributed by atoms with Crippen LogP contribution in [0.15, 0.2) is 10.6 Å². The van der Waals surface area contributed by atoms with Crippen molar-refractivity contribution in [2.75, 3.05) is 6.54 Å². The number of rotatable bonds is 5. The summed E-state index contributed by atoms with van der Waals surface area (Å²) in [6.07, 6.45) is 5.77. The van der Waals surface area contributed by atoms with Crippen molar-refractivity contribution < 1.29 is 9.21 Å². The van der Waals surface area contributed by atoms with E-state index in [1.165, 1.54) is 6.42 Å². The Kier molecular flexibility index (Phi) is 4.96. The first-order chi connectivity index (χ1) is 9.22. The molecular formula is C14H23N3O2. The van der Waals surface area contributed by atoms with Gasteiger partial charge in [-0.05, 0) is 25.3 Å². The molecule has 1 aliphatic rings. The highest BCUT2D eigenvalue weighted by molar-refractivity contribution is 5.81. The second kappa shape index (κ2) is 6.70. The molecule has 0 saturated carbocycles. The number of nitrogens with one attached hydrogen (secondary N) is 2. The summed E-state index contributed by atoms with van der Waals surface area (Å²) < 4.78 is 5.47. The molecule has 5 nitrogen and oxygen atoms in total. The molecule has 0 aromatic carbocycles. The highest BCUT2D eigenvalue weighted by atomic mass is 16.4. The number of aryl methyl sites for hydroxylation is 1. The molecule has 2 rings (SSSR count). The van der Waals surface area contributed by atoms with Gasteiger partial charge in [0.1, 0.15) is 5.76 Å². The van der Waals surface area contributed by atoms with Crippen molar-refractivity contribution in [1.29, 1.82) is 0 Å². The quantitative estimate of drug-likeness (QED) is 0.849. The van der Waals surface area contributed by atoms with Crippen LogP contribution in [0.3, 0.4) is 0 Å². The Morgan fingerprint density at radius 1 is 1.58 bits per heavy atom. The number of carbonyl (C=O) groups excluding carboxylic acids is 1. The van der Waals surface area contributed by atoms with Gasteiger partial charge in [-0.3, -0.25) is 4.79 Å². The Hall–Kier alpha value is -1.36. The van der Waals surface area contributed by atoms with Crippen LogP contribution in [-0.4, -0.2) is 23.5 Å². The first kappa shape index (κ1) is 14.1. The van der Waals surface area contributed by atoms with Crippen molar-refractivity contribution in [3.8, 4) is 0 Å². The Bertz CT molecular complexity index is 417. The lowest BCUT2D eigenvalue weighted by molar-refractivity contribution is -0.124.